The van der Waals surface area contributed by atoms with Gasteiger partial charge in [0.1, 0.15) is 5.82 Å². The van der Waals surface area contributed by atoms with E-state index in [2.05, 4.69) is 28.5 Å². The number of rotatable bonds is 6. The average molecular weight is 535 g/mol. The molecule has 0 amide bonds. The van der Waals surface area contributed by atoms with Crippen LogP contribution in [0.4, 0.5) is 10.1 Å². The van der Waals surface area contributed by atoms with E-state index in [-0.39, 0.29) is 11.5 Å². The molecule has 208 valence electrons. The first kappa shape index (κ1) is 26.2. The van der Waals surface area contributed by atoms with Gasteiger partial charge in [0.15, 0.2) is 11.3 Å². The molecule has 0 spiro atoms. The van der Waals surface area contributed by atoms with Gasteiger partial charge >= 0.3 is 5.97 Å². The molecule has 2 saturated heterocycles. The molecule has 4 heterocycles. The number of aromatic nitrogens is 3. The number of hydrogen-bond acceptors (Lipinski definition) is 7. The number of fused-ring (bicyclic) bond motifs is 1. The maximum absolute atomic E-state index is 13.7. The number of carbonyl (C=O) groups excluding carboxylic acids is 1. The lowest BCUT2D eigenvalue weighted by molar-refractivity contribution is 0.0594. The Kier molecular flexibility index (Phi) is 7.29. The first-order valence-electron chi connectivity index (χ1n) is 14.4. The highest BCUT2D eigenvalue weighted by atomic mass is 19.1. The minimum absolute atomic E-state index is 0.273. The van der Waals surface area contributed by atoms with Gasteiger partial charge in [0.25, 0.3) is 0 Å². The molecule has 0 unspecified atom stereocenters. The number of hydrogen-bond donors (Lipinski definition) is 0. The van der Waals surface area contributed by atoms with Gasteiger partial charge in [-0.15, -0.1) is 0 Å². The van der Waals surface area contributed by atoms with E-state index < -0.39 is 5.97 Å². The largest absolute Gasteiger partial charge is 0.464 e. The van der Waals surface area contributed by atoms with Crippen molar-refractivity contribution in [1.29, 1.82) is 0 Å². The maximum Gasteiger partial charge on any atom is 0.356 e. The predicted molar refractivity (Wildman–Crippen MR) is 150 cm³/mol. The number of pyridine rings is 1. The Morgan fingerprint density at radius 3 is 2.28 bits per heavy atom. The Morgan fingerprint density at radius 2 is 1.69 bits per heavy atom. The lowest BCUT2D eigenvalue weighted by Crippen LogP contribution is -2.54. The molecule has 0 bridgehead atoms. The third-order valence-electron chi connectivity index (χ3n) is 9.00. The van der Waals surface area contributed by atoms with Gasteiger partial charge in [-0.05, 0) is 69.9 Å². The van der Waals surface area contributed by atoms with Crippen LogP contribution in [0.25, 0.3) is 16.7 Å². The van der Waals surface area contributed by atoms with E-state index in [0.29, 0.717) is 23.6 Å². The first-order valence-corrected chi connectivity index (χ1v) is 14.4. The number of methoxy groups -OCH3 is 1. The summed E-state index contributed by atoms with van der Waals surface area (Å²) in [5, 5.41) is 6.06. The van der Waals surface area contributed by atoms with Crippen molar-refractivity contribution in [2.75, 3.05) is 51.3 Å². The Balaban J connectivity index is 1.34. The Morgan fingerprint density at radius 1 is 1.00 bits per heavy atom. The molecule has 1 saturated carbocycles. The third-order valence-corrected chi connectivity index (χ3v) is 9.00. The van der Waals surface area contributed by atoms with Crippen LogP contribution in [0.2, 0.25) is 0 Å². The number of benzene rings is 1. The van der Waals surface area contributed by atoms with Crippen LogP contribution in [0.5, 0.6) is 0 Å². The first-order chi connectivity index (χ1) is 18.9. The summed E-state index contributed by atoms with van der Waals surface area (Å²) in [6.45, 7) is 10.9. The molecule has 0 atom stereocenters. The SMILES string of the molecule is COC(=O)c1cc(N2CCC(N3CCN(C(C)C)CC3)CC2)c2c(C3CCC3)nn(-c3ccc(F)cc3)c2n1. The Hall–Kier alpha value is -3.04. The summed E-state index contributed by atoms with van der Waals surface area (Å²) < 4.78 is 20.6. The van der Waals surface area contributed by atoms with Crippen molar-refractivity contribution < 1.29 is 13.9 Å². The molecule has 1 aromatic carbocycles. The van der Waals surface area contributed by atoms with Gasteiger partial charge in [0, 0.05) is 57.3 Å². The molecule has 39 heavy (non-hydrogen) atoms. The lowest BCUT2D eigenvalue weighted by Gasteiger charge is -2.44. The van der Waals surface area contributed by atoms with Crippen LogP contribution in [0.15, 0.2) is 30.3 Å². The average Bonchev–Trinajstić information content (AvgIpc) is 3.30. The van der Waals surface area contributed by atoms with Gasteiger partial charge in [-0.25, -0.2) is 18.9 Å². The van der Waals surface area contributed by atoms with Crippen LogP contribution in [0.3, 0.4) is 0 Å². The summed E-state index contributed by atoms with van der Waals surface area (Å²) >= 11 is 0. The van der Waals surface area contributed by atoms with Gasteiger partial charge in [0.05, 0.1) is 29.6 Å². The molecular weight excluding hydrogens is 495 g/mol. The van der Waals surface area contributed by atoms with Gasteiger partial charge in [-0.2, -0.15) is 5.10 Å². The zero-order valence-electron chi connectivity index (χ0n) is 23.3. The van der Waals surface area contributed by atoms with Gasteiger partial charge < -0.3 is 9.64 Å². The summed E-state index contributed by atoms with van der Waals surface area (Å²) in [6, 6.07) is 9.38. The van der Waals surface area contributed by atoms with Crippen molar-refractivity contribution in [3.63, 3.8) is 0 Å². The summed E-state index contributed by atoms with van der Waals surface area (Å²) in [5.41, 5.74) is 3.68. The Bertz CT molecular complexity index is 1320. The van der Waals surface area contributed by atoms with E-state index in [4.69, 9.17) is 14.8 Å². The van der Waals surface area contributed by atoms with Crippen LogP contribution < -0.4 is 4.90 Å². The smallest absolute Gasteiger partial charge is 0.356 e. The van der Waals surface area contributed by atoms with Crippen LogP contribution in [-0.4, -0.2) is 89.0 Å². The summed E-state index contributed by atoms with van der Waals surface area (Å²) in [5.74, 6) is -0.395. The molecule has 3 aliphatic rings. The molecule has 8 nitrogen and oxygen atoms in total. The van der Waals surface area contributed by atoms with Crippen molar-refractivity contribution in [2.24, 2.45) is 0 Å². The van der Waals surface area contributed by atoms with Crippen LogP contribution in [0, 0.1) is 5.82 Å². The molecule has 2 aromatic heterocycles. The van der Waals surface area contributed by atoms with Crippen molar-refractivity contribution in [3.8, 4) is 5.69 Å². The molecule has 2 aliphatic heterocycles. The van der Waals surface area contributed by atoms with E-state index in [1.165, 1.54) is 25.7 Å². The van der Waals surface area contributed by atoms with E-state index in [1.54, 1.807) is 16.8 Å². The van der Waals surface area contributed by atoms with Crippen molar-refractivity contribution in [3.05, 3.63) is 47.5 Å². The topological polar surface area (TPSA) is 66.7 Å². The van der Waals surface area contributed by atoms with E-state index in [1.807, 2.05) is 6.07 Å². The molecule has 0 radical (unpaired) electrons. The number of anilines is 1. The second kappa shape index (κ2) is 10.8. The highest BCUT2D eigenvalue weighted by molar-refractivity contribution is 5.99. The monoisotopic (exact) mass is 534 g/mol. The minimum Gasteiger partial charge on any atom is -0.464 e. The third kappa shape index (κ3) is 5.02. The van der Waals surface area contributed by atoms with Gasteiger partial charge in [0.2, 0.25) is 0 Å². The standard InChI is InChI=1S/C30H39FN6O2/c1-20(2)34-15-17-35(18-16-34)23-11-13-36(14-12-23)26-19-25(30(38)39-3)32-29-27(26)28(21-5-4-6-21)33-37(29)24-9-7-22(31)8-10-24/h7-10,19-21,23H,4-6,11-18H2,1-3H3. The van der Waals surface area contributed by atoms with Crippen molar-refractivity contribution in [2.45, 2.75) is 64.0 Å². The van der Waals surface area contributed by atoms with Crippen molar-refractivity contribution in [1.82, 2.24) is 24.6 Å². The van der Waals surface area contributed by atoms with Crippen LogP contribution >= 0.6 is 0 Å². The summed E-state index contributed by atoms with van der Waals surface area (Å²) in [6.07, 6.45) is 5.55. The second-order valence-electron chi connectivity index (χ2n) is 11.5. The molecule has 3 aromatic rings. The second-order valence-corrected chi connectivity index (χ2v) is 11.5. The highest BCUT2D eigenvalue weighted by Gasteiger charge is 2.33. The molecule has 6 rings (SSSR count). The molecular formula is C30H39FN6O2. The number of piperidine rings is 1. The number of ether oxygens (including phenoxy) is 1. The minimum atomic E-state index is -0.465. The van der Waals surface area contributed by atoms with E-state index in [9.17, 15) is 9.18 Å². The highest BCUT2D eigenvalue weighted by Crippen LogP contribution is 2.43. The van der Waals surface area contributed by atoms with Crippen molar-refractivity contribution >= 4 is 22.7 Å². The fourth-order valence-corrected chi connectivity index (χ4v) is 6.40. The zero-order valence-corrected chi connectivity index (χ0v) is 23.3. The number of nitrogens with zero attached hydrogens (tertiary/aromatic N) is 6. The fourth-order valence-electron chi connectivity index (χ4n) is 6.40. The molecule has 9 heteroatoms. The normalized spacial score (nSPS) is 20.1. The summed E-state index contributed by atoms with van der Waals surface area (Å²) in [4.78, 5) is 25.1. The van der Waals surface area contributed by atoms with Crippen LogP contribution in [0.1, 0.15) is 68.1 Å². The molecule has 3 fully saturated rings. The quantitative estimate of drug-likeness (QED) is 0.428. The van der Waals surface area contributed by atoms with Gasteiger partial charge in [-0.1, -0.05) is 6.42 Å². The number of piperazine rings is 1. The fraction of sp³-hybridized carbons (Fsp3) is 0.567. The Labute approximate surface area is 229 Å². The molecule has 1 aliphatic carbocycles. The van der Waals surface area contributed by atoms with Gasteiger partial charge in [-0.3, -0.25) is 9.80 Å². The lowest BCUT2D eigenvalue weighted by atomic mass is 9.82. The summed E-state index contributed by atoms with van der Waals surface area (Å²) in [7, 11) is 1.38. The maximum atomic E-state index is 13.7. The predicted octanol–water partition coefficient (Wildman–Crippen LogP) is 4.61. The van der Waals surface area contributed by atoms with E-state index >= 15 is 0 Å². The van der Waals surface area contributed by atoms with Crippen LogP contribution in [-0.2, 0) is 4.74 Å². The number of esters is 1. The zero-order chi connectivity index (χ0) is 27.1. The van der Waals surface area contributed by atoms with E-state index in [0.717, 1.165) is 87.4 Å². The number of halogens is 1. The molecule has 0 N–H and O–H groups in total. The number of carbonyl (C=O) groups is 1.